The van der Waals surface area contributed by atoms with Crippen LogP contribution in [0.1, 0.15) is 53.0 Å². The lowest BCUT2D eigenvalue weighted by atomic mass is 9.80. The first kappa shape index (κ1) is 22.0. The van der Waals surface area contributed by atoms with E-state index in [0.717, 1.165) is 41.9 Å². The van der Waals surface area contributed by atoms with Gasteiger partial charge in [0, 0.05) is 31.7 Å². The number of halogens is 1. The van der Waals surface area contributed by atoms with Crippen LogP contribution in [-0.4, -0.2) is 43.1 Å². The van der Waals surface area contributed by atoms with Gasteiger partial charge in [-0.1, -0.05) is 45.9 Å². The molecule has 0 saturated carbocycles. The monoisotopic (exact) mass is 365 g/mol. The number of anilines is 1. The number of nitrogens with zero attached hydrogens (tertiary/aromatic N) is 3. The lowest BCUT2D eigenvalue weighted by Gasteiger charge is -2.44. The maximum Gasteiger partial charge on any atom is 0.138 e. The van der Waals surface area contributed by atoms with Crippen LogP contribution < -0.4 is 4.90 Å². The van der Waals surface area contributed by atoms with Crippen molar-refractivity contribution in [3.63, 3.8) is 0 Å². The van der Waals surface area contributed by atoms with Crippen LogP contribution in [-0.2, 0) is 0 Å². The van der Waals surface area contributed by atoms with Gasteiger partial charge in [-0.25, -0.2) is 4.98 Å². The third-order valence-corrected chi connectivity index (χ3v) is 5.20. The molecule has 2 aliphatic rings. The first-order valence-electron chi connectivity index (χ1n) is 9.80. The van der Waals surface area contributed by atoms with Crippen molar-refractivity contribution in [3.05, 3.63) is 29.4 Å². The second-order valence-corrected chi connectivity index (χ2v) is 6.95. The van der Waals surface area contributed by atoms with Crippen LogP contribution in [0.4, 0.5) is 5.82 Å². The quantitative estimate of drug-likeness (QED) is 0.650. The summed E-state index contributed by atoms with van der Waals surface area (Å²) in [6.45, 7) is 18.7. The van der Waals surface area contributed by atoms with Crippen molar-refractivity contribution in [2.45, 2.75) is 47.5 Å². The van der Waals surface area contributed by atoms with Crippen molar-refractivity contribution in [1.82, 2.24) is 9.88 Å². The van der Waals surface area contributed by atoms with Crippen LogP contribution in [0.2, 0.25) is 5.15 Å². The van der Waals surface area contributed by atoms with Crippen molar-refractivity contribution in [1.29, 1.82) is 0 Å². The third-order valence-electron chi connectivity index (χ3n) is 4.92. The smallest absolute Gasteiger partial charge is 0.138 e. The first-order valence-corrected chi connectivity index (χ1v) is 10.2. The SMILES string of the molecule is C=C(C)c1ccc(N2CCC(C3CN(C)C3)CC2)nc1Cl.CC.CC. The van der Waals surface area contributed by atoms with Gasteiger partial charge in [-0.3, -0.25) is 0 Å². The zero-order valence-corrected chi connectivity index (χ0v) is 17.7. The van der Waals surface area contributed by atoms with Crippen LogP contribution in [0.25, 0.3) is 5.57 Å². The Balaban J connectivity index is 0.000000730. The predicted molar refractivity (Wildman–Crippen MR) is 113 cm³/mol. The molecule has 0 aliphatic carbocycles. The highest BCUT2D eigenvalue weighted by Crippen LogP contribution is 2.33. The number of pyridine rings is 1. The maximum absolute atomic E-state index is 6.27. The highest BCUT2D eigenvalue weighted by atomic mass is 35.5. The number of allylic oxidation sites excluding steroid dienone is 1. The molecule has 4 heteroatoms. The van der Waals surface area contributed by atoms with Gasteiger partial charge in [-0.15, -0.1) is 0 Å². The lowest BCUT2D eigenvalue weighted by molar-refractivity contribution is 0.0713. The molecule has 25 heavy (non-hydrogen) atoms. The molecule has 2 fully saturated rings. The van der Waals surface area contributed by atoms with Gasteiger partial charge < -0.3 is 9.80 Å². The van der Waals surface area contributed by atoms with Gasteiger partial charge in [0.25, 0.3) is 0 Å². The molecule has 0 unspecified atom stereocenters. The molecule has 2 saturated heterocycles. The average Bonchev–Trinajstić information content (AvgIpc) is 2.62. The van der Waals surface area contributed by atoms with Gasteiger partial charge in [0.05, 0.1) is 0 Å². The fourth-order valence-electron chi connectivity index (χ4n) is 3.56. The number of hydrogen-bond donors (Lipinski definition) is 0. The van der Waals surface area contributed by atoms with E-state index in [1.807, 2.05) is 40.7 Å². The van der Waals surface area contributed by atoms with Gasteiger partial charge >= 0.3 is 0 Å². The Kier molecular flexibility index (Phi) is 9.52. The summed E-state index contributed by atoms with van der Waals surface area (Å²) >= 11 is 6.27. The van der Waals surface area contributed by atoms with E-state index in [-0.39, 0.29) is 0 Å². The zero-order valence-electron chi connectivity index (χ0n) is 17.0. The molecule has 0 atom stereocenters. The molecule has 0 spiro atoms. The Hall–Kier alpha value is -1.06. The molecule has 3 rings (SSSR count). The Morgan fingerprint density at radius 2 is 1.64 bits per heavy atom. The molecule has 0 aromatic carbocycles. The highest BCUT2D eigenvalue weighted by molar-refractivity contribution is 6.31. The number of rotatable bonds is 3. The van der Waals surface area contributed by atoms with E-state index in [1.165, 1.54) is 25.9 Å². The average molecular weight is 366 g/mol. The molecule has 0 bridgehead atoms. The topological polar surface area (TPSA) is 19.4 Å². The minimum atomic E-state index is 0.572. The molecular formula is C21H36ClN3. The number of hydrogen-bond acceptors (Lipinski definition) is 3. The summed E-state index contributed by atoms with van der Waals surface area (Å²) in [6, 6.07) is 4.12. The largest absolute Gasteiger partial charge is 0.357 e. The van der Waals surface area contributed by atoms with E-state index < -0.39 is 0 Å². The summed E-state index contributed by atoms with van der Waals surface area (Å²) in [5.74, 6) is 2.82. The lowest BCUT2D eigenvalue weighted by Crippen LogP contribution is -2.50. The fraction of sp³-hybridized carbons (Fsp3) is 0.667. The Labute approximate surface area is 160 Å². The van der Waals surface area contributed by atoms with E-state index in [0.29, 0.717) is 5.15 Å². The number of piperidine rings is 1. The van der Waals surface area contributed by atoms with Crippen LogP contribution in [0.15, 0.2) is 18.7 Å². The summed E-state index contributed by atoms with van der Waals surface area (Å²) in [4.78, 5) is 9.34. The Morgan fingerprint density at radius 3 is 2.08 bits per heavy atom. The molecule has 1 aromatic rings. The van der Waals surface area contributed by atoms with E-state index in [9.17, 15) is 0 Å². The second kappa shape index (κ2) is 10.8. The summed E-state index contributed by atoms with van der Waals surface area (Å²) in [5, 5.41) is 0.572. The molecule has 142 valence electrons. The van der Waals surface area contributed by atoms with Crippen LogP contribution in [0, 0.1) is 11.8 Å². The predicted octanol–water partition coefficient (Wildman–Crippen LogP) is 5.60. The molecular weight excluding hydrogens is 330 g/mol. The van der Waals surface area contributed by atoms with Crippen LogP contribution >= 0.6 is 11.6 Å². The normalized spacial score (nSPS) is 18.4. The van der Waals surface area contributed by atoms with Gasteiger partial charge in [0.2, 0.25) is 0 Å². The zero-order chi connectivity index (χ0) is 19.0. The van der Waals surface area contributed by atoms with Gasteiger partial charge in [-0.2, -0.15) is 0 Å². The standard InChI is InChI=1S/C17H24ClN3.2C2H6/c1-12(2)15-4-5-16(19-17(15)18)21-8-6-13(7-9-21)14-10-20(3)11-14;2*1-2/h4-5,13-14H,1,6-11H2,2-3H3;2*1-2H3. The Morgan fingerprint density at radius 1 is 1.08 bits per heavy atom. The summed E-state index contributed by atoms with van der Waals surface area (Å²) in [5.41, 5.74) is 1.92. The number of aromatic nitrogens is 1. The van der Waals surface area contributed by atoms with E-state index in [4.69, 9.17) is 11.6 Å². The van der Waals surface area contributed by atoms with E-state index in [2.05, 4.69) is 34.5 Å². The first-order chi connectivity index (χ1) is 12.0. The summed E-state index contributed by atoms with van der Waals surface area (Å²) < 4.78 is 0. The maximum atomic E-state index is 6.27. The van der Waals surface area contributed by atoms with E-state index >= 15 is 0 Å². The van der Waals surface area contributed by atoms with Crippen molar-refractivity contribution in [3.8, 4) is 0 Å². The van der Waals surface area contributed by atoms with Crippen molar-refractivity contribution in [2.75, 3.05) is 38.1 Å². The minimum Gasteiger partial charge on any atom is -0.357 e. The summed E-state index contributed by atoms with van der Waals surface area (Å²) in [7, 11) is 2.21. The molecule has 3 heterocycles. The summed E-state index contributed by atoms with van der Waals surface area (Å²) in [6.07, 6.45) is 2.56. The minimum absolute atomic E-state index is 0.572. The third kappa shape index (κ3) is 5.72. The molecule has 0 amide bonds. The van der Waals surface area contributed by atoms with Crippen LogP contribution in [0.3, 0.4) is 0 Å². The molecule has 1 aromatic heterocycles. The molecule has 0 radical (unpaired) electrons. The fourth-order valence-corrected chi connectivity index (χ4v) is 3.88. The van der Waals surface area contributed by atoms with Gasteiger partial charge in [0.15, 0.2) is 0 Å². The van der Waals surface area contributed by atoms with Crippen LogP contribution in [0.5, 0.6) is 0 Å². The highest BCUT2D eigenvalue weighted by Gasteiger charge is 2.33. The molecule has 3 nitrogen and oxygen atoms in total. The molecule has 2 aliphatic heterocycles. The molecule has 0 N–H and O–H groups in total. The van der Waals surface area contributed by atoms with Gasteiger partial charge in [-0.05, 0) is 56.4 Å². The van der Waals surface area contributed by atoms with Crippen molar-refractivity contribution in [2.24, 2.45) is 11.8 Å². The van der Waals surface area contributed by atoms with Gasteiger partial charge in [0.1, 0.15) is 11.0 Å². The van der Waals surface area contributed by atoms with E-state index in [1.54, 1.807) is 0 Å². The Bertz CT molecular complexity index is 530. The second-order valence-electron chi connectivity index (χ2n) is 6.59. The number of likely N-dealkylation sites (tertiary alicyclic amines) is 1. The van der Waals surface area contributed by atoms with Crippen molar-refractivity contribution < 1.29 is 0 Å². The van der Waals surface area contributed by atoms with Crippen molar-refractivity contribution >= 4 is 23.0 Å².